The molecule has 0 heterocycles. The summed E-state index contributed by atoms with van der Waals surface area (Å²) in [6.45, 7) is 5.87. The van der Waals surface area contributed by atoms with Crippen LogP contribution in [0.5, 0.6) is 0 Å². The van der Waals surface area contributed by atoms with Crippen LogP contribution in [-0.2, 0) is 23.8 Å². The minimum Gasteiger partial charge on any atom is -0.550 e. The van der Waals surface area contributed by atoms with Gasteiger partial charge in [0, 0.05) is 17.8 Å². The minimum atomic E-state index is -0.876. The molecule has 0 saturated heterocycles. The molecule has 0 saturated carbocycles. The second-order valence-electron chi connectivity index (χ2n) is 8.21. The predicted molar refractivity (Wildman–Crippen MR) is 118 cm³/mol. The number of carbonyl (C=O) groups is 2. The quantitative estimate of drug-likeness (QED) is 0.190. The normalized spacial score (nSPS) is 11.6. The highest BCUT2D eigenvalue weighted by atomic mass is 16.6. The molecule has 0 amide bonds. The van der Waals surface area contributed by atoms with Gasteiger partial charge >= 0.3 is 5.97 Å². The van der Waals surface area contributed by atoms with Crippen LogP contribution in [0.25, 0.3) is 0 Å². The van der Waals surface area contributed by atoms with Gasteiger partial charge in [-0.15, -0.1) is 0 Å². The fourth-order valence-corrected chi connectivity index (χ4v) is 3.65. The number of carboxylic acids is 1. The monoisotopic (exact) mass is 445 g/mol. The SMILES string of the molecule is CCCCC(CCCC)(CCCCCCCC(=O)OCCOCCOCCO)C(=O)[O-]. The fourth-order valence-electron chi connectivity index (χ4n) is 3.65. The van der Waals surface area contributed by atoms with Crippen LogP contribution in [-0.4, -0.2) is 56.7 Å². The molecule has 0 bridgehead atoms. The van der Waals surface area contributed by atoms with Crippen LogP contribution >= 0.6 is 0 Å². The number of esters is 1. The number of aliphatic hydroxyl groups is 1. The molecule has 0 spiro atoms. The van der Waals surface area contributed by atoms with Gasteiger partial charge in [0.25, 0.3) is 0 Å². The Labute approximate surface area is 188 Å². The van der Waals surface area contributed by atoms with E-state index >= 15 is 0 Å². The van der Waals surface area contributed by atoms with E-state index in [1.54, 1.807) is 0 Å². The average molecular weight is 446 g/mol. The summed E-state index contributed by atoms with van der Waals surface area (Å²) in [5.41, 5.74) is -0.664. The molecule has 0 rings (SSSR count). The molecule has 0 atom stereocenters. The number of carbonyl (C=O) groups excluding carboxylic acids is 2. The number of hydrogen-bond acceptors (Lipinski definition) is 7. The molecule has 0 aromatic heterocycles. The number of aliphatic hydroxyl groups excluding tert-OH is 1. The van der Waals surface area contributed by atoms with Crippen LogP contribution in [0, 0.1) is 5.41 Å². The van der Waals surface area contributed by atoms with E-state index in [4.69, 9.17) is 19.3 Å². The van der Waals surface area contributed by atoms with Gasteiger partial charge in [-0.3, -0.25) is 4.79 Å². The van der Waals surface area contributed by atoms with Crippen molar-refractivity contribution in [3.8, 4) is 0 Å². The molecule has 31 heavy (non-hydrogen) atoms. The standard InChI is InChI=1S/C24H46O7/c1-3-5-13-24(23(27)28,14-6-4-2)15-11-9-7-8-10-12-22(26)31-21-20-30-19-18-29-17-16-25/h25H,3-21H2,1-2H3,(H,27,28)/p-1. The van der Waals surface area contributed by atoms with E-state index in [9.17, 15) is 14.7 Å². The van der Waals surface area contributed by atoms with Gasteiger partial charge in [-0.25, -0.2) is 0 Å². The van der Waals surface area contributed by atoms with E-state index in [1.807, 2.05) is 0 Å². The molecule has 7 nitrogen and oxygen atoms in total. The molecule has 0 aromatic rings. The molecule has 1 N–H and O–H groups in total. The Morgan fingerprint density at radius 1 is 0.742 bits per heavy atom. The Hall–Kier alpha value is -1.18. The van der Waals surface area contributed by atoms with E-state index < -0.39 is 11.4 Å². The third-order valence-electron chi connectivity index (χ3n) is 5.59. The van der Waals surface area contributed by atoms with E-state index in [1.165, 1.54) is 0 Å². The smallest absolute Gasteiger partial charge is 0.305 e. The van der Waals surface area contributed by atoms with Gasteiger partial charge in [0.15, 0.2) is 0 Å². The second-order valence-corrected chi connectivity index (χ2v) is 8.21. The first kappa shape index (κ1) is 29.8. The van der Waals surface area contributed by atoms with Crippen molar-refractivity contribution in [2.24, 2.45) is 5.41 Å². The molecular weight excluding hydrogens is 400 g/mol. The first-order valence-corrected chi connectivity index (χ1v) is 12.2. The Morgan fingerprint density at radius 2 is 1.26 bits per heavy atom. The molecule has 0 fully saturated rings. The number of rotatable bonds is 23. The van der Waals surface area contributed by atoms with Crippen molar-refractivity contribution in [3.63, 3.8) is 0 Å². The first-order chi connectivity index (χ1) is 15.0. The van der Waals surface area contributed by atoms with Gasteiger partial charge in [-0.1, -0.05) is 65.2 Å². The van der Waals surface area contributed by atoms with Gasteiger partial charge in [-0.05, 0) is 25.7 Å². The van der Waals surface area contributed by atoms with Gasteiger partial charge in [0.05, 0.1) is 33.0 Å². The summed E-state index contributed by atoms with van der Waals surface area (Å²) in [7, 11) is 0. The number of hydrogen-bond donors (Lipinski definition) is 1. The molecular formula is C24H45O7-. The zero-order valence-electron chi connectivity index (χ0n) is 19.8. The Balaban J connectivity index is 3.82. The summed E-state index contributed by atoms with van der Waals surface area (Å²) < 4.78 is 15.4. The Kier molecular flexibility index (Phi) is 19.9. The first-order valence-electron chi connectivity index (χ1n) is 12.2. The number of aliphatic carboxylic acids is 1. The van der Waals surface area contributed by atoms with Crippen LogP contribution in [0.3, 0.4) is 0 Å². The van der Waals surface area contributed by atoms with Crippen LogP contribution < -0.4 is 5.11 Å². The minimum absolute atomic E-state index is 0.00385. The van der Waals surface area contributed by atoms with E-state index in [-0.39, 0.29) is 19.2 Å². The lowest BCUT2D eigenvalue weighted by atomic mass is 9.74. The Bertz CT molecular complexity index is 432. The summed E-state index contributed by atoms with van der Waals surface area (Å²) >= 11 is 0. The zero-order chi connectivity index (χ0) is 23.2. The molecule has 0 radical (unpaired) electrons. The number of carboxylic acid groups (broad SMARTS) is 1. The highest BCUT2D eigenvalue weighted by Gasteiger charge is 2.29. The summed E-state index contributed by atoms with van der Waals surface area (Å²) in [6.07, 6.45) is 11.0. The van der Waals surface area contributed by atoms with E-state index in [0.717, 1.165) is 70.6 Å². The lowest BCUT2D eigenvalue weighted by Gasteiger charge is -2.35. The van der Waals surface area contributed by atoms with Gasteiger partial charge in [0.1, 0.15) is 6.61 Å². The lowest BCUT2D eigenvalue weighted by molar-refractivity contribution is -0.320. The topological polar surface area (TPSA) is 105 Å². The van der Waals surface area contributed by atoms with E-state index in [2.05, 4.69) is 13.8 Å². The molecule has 0 aromatic carbocycles. The molecule has 184 valence electrons. The largest absolute Gasteiger partial charge is 0.550 e. The van der Waals surface area contributed by atoms with Crippen LogP contribution in [0.4, 0.5) is 0 Å². The number of unbranched alkanes of at least 4 members (excludes halogenated alkanes) is 6. The third-order valence-corrected chi connectivity index (χ3v) is 5.59. The summed E-state index contributed by atoms with van der Waals surface area (Å²) in [6, 6.07) is 0. The van der Waals surface area contributed by atoms with Gasteiger partial charge in [0.2, 0.25) is 0 Å². The van der Waals surface area contributed by atoms with Crippen molar-refractivity contribution in [1.82, 2.24) is 0 Å². The van der Waals surface area contributed by atoms with E-state index in [0.29, 0.717) is 39.3 Å². The van der Waals surface area contributed by atoms with Crippen LogP contribution in [0.1, 0.15) is 97.3 Å². The van der Waals surface area contributed by atoms with Crippen molar-refractivity contribution in [2.45, 2.75) is 97.3 Å². The maximum atomic E-state index is 11.9. The molecule has 7 heteroatoms. The fraction of sp³-hybridized carbons (Fsp3) is 0.917. The summed E-state index contributed by atoms with van der Waals surface area (Å²) in [4.78, 5) is 23.6. The predicted octanol–water partition coefficient (Wildman–Crippen LogP) is 3.40. The van der Waals surface area contributed by atoms with Crippen molar-refractivity contribution in [3.05, 3.63) is 0 Å². The van der Waals surface area contributed by atoms with Crippen LogP contribution in [0.2, 0.25) is 0 Å². The van der Waals surface area contributed by atoms with Gasteiger partial charge < -0.3 is 29.2 Å². The third kappa shape index (κ3) is 16.2. The number of ether oxygens (including phenoxy) is 3. The molecule has 0 aliphatic heterocycles. The average Bonchev–Trinajstić information content (AvgIpc) is 2.76. The maximum Gasteiger partial charge on any atom is 0.305 e. The molecule has 0 aliphatic carbocycles. The van der Waals surface area contributed by atoms with Crippen molar-refractivity contribution in [2.75, 3.05) is 39.6 Å². The van der Waals surface area contributed by atoms with Crippen molar-refractivity contribution < 1.29 is 34.0 Å². The highest BCUT2D eigenvalue weighted by molar-refractivity contribution is 5.72. The lowest BCUT2D eigenvalue weighted by Crippen LogP contribution is -2.42. The summed E-state index contributed by atoms with van der Waals surface area (Å²) in [5, 5.41) is 20.4. The van der Waals surface area contributed by atoms with Crippen molar-refractivity contribution in [1.29, 1.82) is 0 Å². The Morgan fingerprint density at radius 3 is 1.84 bits per heavy atom. The second kappa shape index (κ2) is 20.7. The van der Waals surface area contributed by atoms with Gasteiger partial charge in [-0.2, -0.15) is 0 Å². The highest BCUT2D eigenvalue weighted by Crippen LogP contribution is 2.36. The maximum absolute atomic E-state index is 11.9. The summed E-state index contributed by atoms with van der Waals surface area (Å²) in [5.74, 6) is -1.09. The zero-order valence-corrected chi connectivity index (χ0v) is 19.8. The molecule has 0 aliphatic rings. The molecule has 0 unspecified atom stereocenters. The van der Waals surface area contributed by atoms with Crippen LogP contribution in [0.15, 0.2) is 0 Å². The van der Waals surface area contributed by atoms with Crippen molar-refractivity contribution >= 4 is 11.9 Å².